The summed E-state index contributed by atoms with van der Waals surface area (Å²) in [5.41, 5.74) is 0. The monoisotopic (exact) mass is 221 g/mol. The lowest BCUT2D eigenvalue weighted by atomic mass is 9.84. The highest BCUT2D eigenvalue weighted by atomic mass is 16.1. The smallest absolute Gasteiger partial charge is 0.221 e. The lowest BCUT2D eigenvalue weighted by Crippen LogP contribution is -2.43. The zero-order valence-corrected chi connectivity index (χ0v) is 9.61. The number of rotatable bonds is 1. The quantitative estimate of drug-likeness (QED) is 0.715. The standard InChI is InChI=1S/C12H19N3O/c13-9-10-3-1-2-4-11(10)15-7-5-12(16)14-6-8-15/h10-11H,1-8H2,(H,14,16). The minimum atomic E-state index is 0.145. The molecule has 0 aromatic heterocycles. The van der Waals surface area contributed by atoms with Gasteiger partial charge in [0, 0.05) is 32.1 Å². The van der Waals surface area contributed by atoms with Gasteiger partial charge in [-0.25, -0.2) is 0 Å². The van der Waals surface area contributed by atoms with Crippen molar-refractivity contribution in [3.63, 3.8) is 0 Å². The Hall–Kier alpha value is -1.08. The average Bonchev–Trinajstić information content (AvgIpc) is 2.54. The summed E-state index contributed by atoms with van der Waals surface area (Å²) in [4.78, 5) is 13.6. The fourth-order valence-corrected chi connectivity index (χ4v) is 2.81. The summed E-state index contributed by atoms with van der Waals surface area (Å²) in [6.07, 6.45) is 5.13. The molecule has 2 aliphatic rings. The molecule has 1 amide bonds. The van der Waals surface area contributed by atoms with E-state index in [9.17, 15) is 4.79 Å². The van der Waals surface area contributed by atoms with Crippen molar-refractivity contribution < 1.29 is 4.79 Å². The second-order valence-corrected chi connectivity index (χ2v) is 4.72. The van der Waals surface area contributed by atoms with Crippen molar-refractivity contribution >= 4 is 5.91 Å². The van der Waals surface area contributed by atoms with Gasteiger partial charge in [0.2, 0.25) is 5.91 Å². The van der Waals surface area contributed by atoms with Crippen molar-refractivity contribution in [1.82, 2.24) is 10.2 Å². The van der Waals surface area contributed by atoms with Crippen LogP contribution in [0.2, 0.25) is 0 Å². The maximum atomic E-state index is 11.3. The number of carbonyl (C=O) groups excluding carboxylic acids is 1. The van der Waals surface area contributed by atoms with Gasteiger partial charge in [-0.05, 0) is 12.8 Å². The van der Waals surface area contributed by atoms with Gasteiger partial charge in [0.05, 0.1) is 12.0 Å². The first-order chi connectivity index (χ1) is 7.81. The van der Waals surface area contributed by atoms with Crippen LogP contribution in [0.5, 0.6) is 0 Å². The van der Waals surface area contributed by atoms with Crippen molar-refractivity contribution in [1.29, 1.82) is 5.26 Å². The van der Waals surface area contributed by atoms with E-state index in [1.807, 2.05) is 0 Å². The molecule has 2 unspecified atom stereocenters. The third-order valence-corrected chi connectivity index (χ3v) is 3.71. The van der Waals surface area contributed by atoms with Gasteiger partial charge >= 0.3 is 0 Å². The van der Waals surface area contributed by atoms with E-state index in [1.54, 1.807) is 0 Å². The van der Waals surface area contributed by atoms with E-state index in [0.29, 0.717) is 12.5 Å². The molecule has 2 rings (SSSR count). The van der Waals surface area contributed by atoms with Crippen LogP contribution in [0.15, 0.2) is 0 Å². The second-order valence-electron chi connectivity index (χ2n) is 4.72. The Kier molecular flexibility index (Phi) is 3.79. The fourth-order valence-electron chi connectivity index (χ4n) is 2.81. The summed E-state index contributed by atoms with van der Waals surface area (Å²) in [6, 6.07) is 2.82. The lowest BCUT2D eigenvalue weighted by Gasteiger charge is -2.36. The number of hydrogen-bond donors (Lipinski definition) is 1. The molecule has 1 saturated heterocycles. The number of nitriles is 1. The van der Waals surface area contributed by atoms with Crippen molar-refractivity contribution in [2.24, 2.45) is 5.92 Å². The molecule has 0 aromatic rings. The maximum Gasteiger partial charge on any atom is 0.221 e. The van der Waals surface area contributed by atoms with Crippen LogP contribution in [-0.2, 0) is 4.79 Å². The number of amides is 1. The largest absolute Gasteiger partial charge is 0.355 e. The normalized spacial score (nSPS) is 32.6. The number of hydrogen-bond acceptors (Lipinski definition) is 3. The van der Waals surface area contributed by atoms with Crippen LogP contribution in [0.25, 0.3) is 0 Å². The molecular weight excluding hydrogens is 202 g/mol. The average molecular weight is 221 g/mol. The summed E-state index contributed by atoms with van der Waals surface area (Å²) in [5, 5.41) is 12.0. The molecule has 0 radical (unpaired) electrons. The third kappa shape index (κ3) is 2.53. The highest BCUT2D eigenvalue weighted by Crippen LogP contribution is 2.28. The Bertz CT molecular complexity index is 297. The summed E-state index contributed by atoms with van der Waals surface area (Å²) in [5.74, 6) is 0.314. The predicted octanol–water partition coefficient (Wildman–Crippen LogP) is 0.891. The molecule has 1 heterocycles. The van der Waals surface area contributed by atoms with E-state index < -0.39 is 0 Å². The van der Waals surface area contributed by atoms with E-state index in [2.05, 4.69) is 16.3 Å². The van der Waals surface area contributed by atoms with Crippen LogP contribution < -0.4 is 5.32 Å². The van der Waals surface area contributed by atoms with Gasteiger partial charge < -0.3 is 5.32 Å². The predicted molar refractivity (Wildman–Crippen MR) is 60.6 cm³/mol. The van der Waals surface area contributed by atoms with E-state index in [4.69, 9.17) is 5.26 Å². The molecule has 2 atom stereocenters. The van der Waals surface area contributed by atoms with E-state index >= 15 is 0 Å². The highest BCUT2D eigenvalue weighted by Gasteiger charge is 2.30. The molecule has 16 heavy (non-hydrogen) atoms. The molecule has 0 spiro atoms. The Morgan fingerprint density at radius 3 is 2.94 bits per heavy atom. The number of nitrogens with one attached hydrogen (secondary N) is 1. The molecule has 2 fully saturated rings. The summed E-state index contributed by atoms with van der Waals surface area (Å²) in [6.45, 7) is 2.44. The van der Waals surface area contributed by atoms with Gasteiger partial charge in [-0.3, -0.25) is 9.69 Å². The van der Waals surface area contributed by atoms with Crippen molar-refractivity contribution in [2.75, 3.05) is 19.6 Å². The molecule has 0 aromatic carbocycles. The molecule has 0 bridgehead atoms. The van der Waals surface area contributed by atoms with Crippen LogP contribution in [0.1, 0.15) is 32.1 Å². The summed E-state index contributed by atoms with van der Waals surface area (Å²) in [7, 11) is 0. The van der Waals surface area contributed by atoms with Crippen molar-refractivity contribution in [2.45, 2.75) is 38.1 Å². The van der Waals surface area contributed by atoms with Crippen molar-refractivity contribution in [3.8, 4) is 6.07 Å². The Morgan fingerprint density at radius 2 is 2.12 bits per heavy atom. The second kappa shape index (κ2) is 5.31. The molecule has 1 saturated carbocycles. The SMILES string of the molecule is N#CC1CCCCC1N1CCNC(=O)CC1. The van der Waals surface area contributed by atoms with Crippen LogP contribution in [0, 0.1) is 17.2 Å². The highest BCUT2D eigenvalue weighted by molar-refractivity contribution is 5.76. The lowest BCUT2D eigenvalue weighted by molar-refractivity contribution is -0.120. The minimum Gasteiger partial charge on any atom is -0.355 e. The van der Waals surface area contributed by atoms with Crippen LogP contribution in [-0.4, -0.2) is 36.5 Å². The minimum absolute atomic E-state index is 0.145. The molecule has 1 N–H and O–H groups in total. The number of nitrogens with zero attached hydrogens (tertiary/aromatic N) is 2. The molecule has 1 aliphatic carbocycles. The Balaban J connectivity index is 1.99. The van der Waals surface area contributed by atoms with Crippen LogP contribution in [0.4, 0.5) is 0 Å². The van der Waals surface area contributed by atoms with E-state index in [1.165, 1.54) is 12.8 Å². The summed E-state index contributed by atoms with van der Waals surface area (Å²) < 4.78 is 0. The first-order valence-corrected chi connectivity index (χ1v) is 6.21. The molecule has 4 heteroatoms. The number of carbonyl (C=O) groups is 1. The van der Waals surface area contributed by atoms with Crippen LogP contribution >= 0.6 is 0 Å². The summed E-state index contributed by atoms with van der Waals surface area (Å²) >= 11 is 0. The van der Waals surface area contributed by atoms with Gasteiger partial charge in [0.25, 0.3) is 0 Å². The Labute approximate surface area is 96.6 Å². The maximum absolute atomic E-state index is 11.3. The topological polar surface area (TPSA) is 56.1 Å². The molecule has 4 nitrogen and oxygen atoms in total. The fraction of sp³-hybridized carbons (Fsp3) is 0.833. The molecule has 1 aliphatic heterocycles. The van der Waals surface area contributed by atoms with E-state index in [0.717, 1.165) is 32.5 Å². The van der Waals surface area contributed by atoms with Crippen LogP contribution in [0.3, 0.4) is 0 Å². The first kappa shape index (κ1) is 11.4. The molecular formula is C12H19N3O. The van der Waals surface area contributed by atoms with Gasteiger partial charge in [0.15, 0.2) is 0 Å². The third-order valence-electron chi connectivity index (χ3n) is 3.71. The van der Waals surface area contributed by atoms with E-state index in [-0.39, 0.29) is 11.8 Å². The van der Waals surface area contributed by atoms with Gasteiger partial charge in [-0.1, -0.05) is 12.8 Å². The van der Waals surface area contributed by atoms with Crippen molar-refractivity contribution in [3.05, 3.63) is 0 Å². The van der Waals surface area contributed by atoms with Gasteiger partial charge in [-0.15, -0.1) is 0 Å². The zero-order chi connectivity index (χ0) is 11.4. The Morgan fingerprint density at radius 1 is 1.31 bits per heavy atom. The zero-order valence-electron chi connectivity index (χ0n) is 9.61. The molecule has 88 valence electrons. The van der Waals surface area contributed by atoms with Gasteiger partial charge in [-0.2, -0.15) is 5.26 Å². The first-order valence-electron chi connectivity index (χ1n) is 6.21. The van der Waals surface area contributed by atoms with Gasteiger partial charge in [0.1, 0.15) is 0 Å².